The molecule has 1 aliphatic carbocycles. The molecule has 1 N–H and O–H groups in total. The van der Waals surface area contributed by atoms with E-state index in [0.717, 1.165) is 6.20 Å². The highest BCUT2D eigenvalue weighted by Crippen LogP contribution is 2.45. The van der Waals surface area contributed by atoms with E-state index in [-0.39, 0.29) is 41.2 Å². The predicted molar refractivity (Wildman–Crippen MR) is 113 cm³/mol. The standard InChI is InChI=1S/C22H26FN5O4/c1-27-18(26-17(8-20(27)30)13-6-7-24-9-16(13)23)10-25-22-14-11-28(12-15(14)22)19(29)4-3-5-21(31)32-2/h6-9,14-15,22,25H,3-5,10-12H2,1-2H3. The Hall–Kier alpha value is -3.14. The number of fused-ring (bicyclic) bond motifs is 1. The van der Waals surface area contributed by atoms with E-state index in [0.29, 0.717) is 50.1 Å². The normalized spacial score (nSPS) is 21.3. The van der Waals surface area contributed by atoms with Crippen molar-refractivity contribution in [3.8, 4) is 11.3 Å². The van der Waals surface area contributed by atoms with Crippen LogP contribution in [0.5, 0.6) is 0 Å². The zero-order valence-corrected chi connectivity index (χ0v) is 18.1. The largest absolute Gasteiger partial charge is 0.469 e. The van der Waals surface area contributed by atoms with E-state index in [2.05, 4.69) is 20.0 Å². The highest BCUT2D eigenvalue weighted by atomic mass is 19.1. The molecule has 0 radical (unpaired) electrons. The molecule has 1 saturated carbocycles. The third-order valence-electron chi connectivity index (χ3n) is 6.32. The Morgan fingerprint density at radius 2 is 2.03 bits per heavy atom. The summed E-state index contributed by atoms with van der Waals surface area (Å²) in [4.78, 5) is 45.9. The smallest absolute Gasteiger partial charge is 0.305 e. The Balaban J connectivity index is 1.31. The third-order valence-corrected chi connectivity index (χ3v) is 6.32. The molecule has 2 unspecified atom stereocenters. The zero-order valence-electron chi connectivity index (χ0n) is 18.1. The van der Waals surface area contributed by atoms with Crippen molar-refractivity contribution in [2.24, 2.45) is 18.9 Å². The number of hydrogen-bond acceptors (Lipinski definition) is 7. The van der Waals surface area contributed by atoms with Crippen LogP contribution < -0.4 is 10.9 Å². The summed E-state index contributed by atoms with van der Waals surface area (Å²) in [6.45, 7) is 1.75. The van der Waals surface area contributed by atoms with E-state index in [1.807, 2.05) is 4.90 Å². The topological polar surface area (TPSA) is 106 Å². The van der Waals surface area contributed by atoms with Crippen molar-refractivity contribution in [1.82, 2.24) is 24.8 Å². The number of rotatable bonds is 8. The number of hydrogen-bond donors (Lipinski definition) is 1. The highest BCUT2D eigenvalue weighted by Gasteiger charge is 2.56. The number of pyridine rings is 1. The number of piperidine rings is 1. The van der Waals surface area contributed by atoms with Crippen LogP contribution in [0.1, 0.15) is 25.1 Å². The maximum Gasteiger partial charge on any atom is 0.305 e. The lowest BCUT2D eigenvalue weighted by Gasteiger charge is -2.20. The first-order valence-corrected chi connectivity index (χ1v) is 10.6. The van der Waals surface area contributed by atoms with Gasteiger partial charge in [0.15, 0.2) is 5.82 Å². The molecule has 2 aliphatic rings. The van der Waals surface area contributed by atoms with Crippen molar-refractivity contribution in [1.29, 1.82) is 0 Å². The molecule has 2 atom stereocenters. The van der Waals surface area contributed by atoms with E-state index >= 15 is 0 Å². The fourth-order valence-electron chi connectivity index (χ4n) is 4.35. The SMILES string of the molecule is COC(=O)CCCC(=O)N1CC2C(C1)C2NCc1nc(-c2ccncc2F)cc(=O)n1C. The van der Waals surface area contributed by atoms with Gasteiger partial charge in [0.25, 0.3) is 5.56 Å². The van der Waals surface area contributed by atoms with Gasteiger partial charge in [-0.2, -0.15) is 0 Å². The molecule has 170 valence electrons. The Morgan fingerprint density at radius 1 is 1.28 bits per heavy atom. The molecule has 2 fully saturated rings. The first-order chi connectivity index (χ1) is 15.4. The number of ether oxygens (including phenoxy) is 1. The van der Waals surface area contributed by atoms with Crippen LogP contribution in [0.3, 0.4) is 0 Å². The summed E-state index contributed by atoms with van der Waals surface area (Å²) >= 11 is 0. The van der Waals surface area contributed by atoms with Gasteiger partial charge in [0.1, 0.15) is 5.82 Å². The van der Waals surface area contributed by atoms with Crippen LogP contribution in [-0.2, 0) is 27.9 Å². The van der Waals surface area contributed by atoms with Crippen LogP contribution in [0, 0.1) is 17.7 Å². The second kappa shape index (κ2) is 9.15. The van der Waals surface area contributed by atoms with Gasteiger partial charge in [-0.1, -0.05) is 0 Å². The monoisotopic (exact) mass is 443 g/mol. The van der Waals surface area contributed by atoms with Crippen molar-refractivity contribution in [3.63, 3.8) is 0 Å². The van der Waals surface area contributed by atoms with E-state index in [9.17, 15) is 18.8 Å². The van der Waals surface area contributed by atoms with Crippen LogP contribution in [0.4, 0.5) is 4.39 Å². The summed E-state index contributed by atoms with van der Waals surface area (Å²) in [5, 5.41) is 3.43. The number of carbonyl (C=O) groups excluding carboxylic acids is 2. The minimum Gasteiger partial charge on any atom is -0.469 e. The highest BCUT2D eigenvalue weighted by molar-refractivity contribution is 5.77. The molecule has 2 aromatic rings. The van der Waals surface area contributed by atoms with Gasteiger partial charge in [0, 0.05) is 56.8 Å². The first-order valence-electron chi connectivity index (χ1n) is 10.6. The predicted octanol–water partition coefficient (Wildman–Crippen LogP) is 0.871. The number of methoxy groups -OCH3 is 1. The van der Waals surface area contributed by atoms with Crippen LogP contribution in [0.15, 0.2) is 29.3 Å². The molecule has 3 heterocycles. The number of esters is 1. The summed E-state index contributed by atoms with van der Waals surface area (Å²) in [5.41, 5.74) is 0.260. The van der Waals surface area contributed by atoms with Gasteiger partial charge in [-0.25, -0.2) is 9.37 Å². The molecule has 10 heteroatoms. The number of amides is 1. The van der Waals surface area contributed by atoms with Crippen LogP contribution in [0.2, 0.25) is 0 Å². The molecule has 0 aromatic carbocycles. The number of nitrogens with one attached hydrogen (secondary N) is 1. The average Bonchev–Trinajstić information content (AvgIpc) is 3.22. The van der Waals surface area contributed by atoms with E-state index in [4.69, 9.17) is 0 Å². The fraction of sp³-hybridized carbons (Fsp3) is 0.500. The molecular formula is C22H26FN5O4. The first kappa shape index (κ1) is 22.1. The summed E-state index contributed by atoms with van der Waals surface area (Å²) in [6, 6.07) is 3.07. The molecule has 32 heavy (non-hydrogen) atoms. The molecule has 2 aromatic heterocycles. The molecule has 1 amide bonds. The molecule has 1 aliphatic heterocycles. The number of halogens is 1. The third kappa shape index (κ3) is 4.55. The summed E-state index contributed by atoms with van der Waals surface area (Å²) in [6.07, 6.45) is 3.65. The van der Waals surface area contributed by atoms with Crippen molar-refractivity contribution in [2.75, 3.05) is 20.2 Å². The minimum atomic E-state index is -0.528. The van der Waals surface area contributed by atoms with Crippen molar-refractivity contribution in [3.05, 3.63) is 46.5 Å². The van der Waals surface area contributed by atoms with Gasteiger partial charge in [-0.3, -0.25) is 23.9 Å². The number of carbonyl (C=O) groups is 2. The second-order valence-electron chi connectivity index (χ2n) is 8.27. The van der Waals surface area contributed by atoms with Crippen molar-refractivity contribution >= 4 is 11.9 Å². The van der Waals surface area contributed by atoms with Gasteiger partial charge in [0.2, 0.25) is 5.91 Å². The van der Waals surface area contributed by atoms with Crippen LogP contribution in [-0.4, -0.2) is 57.6 Å². The molecule has 0 bridgehead atoms. The lowest BCUT2D eigenvalue weighted by atomic mass is 10.2. The van der Waals surface area contributed by atoms with Gasteiger partial charge in [0.05, 0.1) is 25.5 Å². The summed E-state index contributed by atoms with van der Waals surface area (Å²) in [5.74, 6) is 0.501. The van der Waals surface area contributed by atoms with Crippen LogP contribution in [0.25, 0.3) is 11.3 Å². The molecule has 4 rings (SSSR count). The molecule has 9 nitrogen and oxygen atoms in total. The number of nitrogens with zero attached hydrogens (tertiary/aromatic N) is 4. The number of aromatic nitrogens is 3. The van der Waals surface area contributed by atoms with E-state index in [1.54, 1.807) is 7.05 Å². The van der Waals surface area contributed by atoms with E-state index < -0.39 is 5.82 Å². The lowest BCUT2D eigenvalue weighted by Crippen LogP contribution is -2.36. The van der Waals surface area contributed by atoms with Crippen molar-refractivity contribution in [2.45, 2.75) is 31.8 Å². The van der Waals surface area contributed by atoms with Gasteiger partial charge < -0.3 is 15.0 Å². The van der Waals surface area contributed by atoms with Gasteiger partial charge in [-0.15, -0.1) is 0 Å². The Morgan fingerprint density at radius 3 is 2.72 bits per heavy atom. The molecular weight excluding hydrogens is 417 g/mol. The zero-order chi connectivity index (χ0) is 22.8. The van der Waals surface area contributed by atoms with E-state index in [1.165, 1.54) is 30.0 Å². The maximum absolute atomic E-state index is 14.1. The molecule has 0 spiro atoms. The van der Waals surface area contributed by atoms with Crippen LogP contribution >= 0.6 is 0 Å². The van der Waals surface area contributed by atoms with Gasteiger partial charge >= 0.3 is 5.97 Å². The summed E-state index contributed by atoms with van der Waals surface area (Å²) < 4.78 is 20.1. The quantitative estimate of drug-likeness (QED) is 0.604. The second-order valence-corrected chi connectivity index (χ2v) is 8.27. The fourth-order valence-corrected chi connectivity index (χ4v) is 4.35. The summed E-state index contributed by atoms with van der Waals surface area (Å²) in [7, 11) is 2.98. The number of likely N-dealkylation sites (tertiary alicyclic amines) is 1. The van der Waals surface area contributed by atoms with Crippen molar-refractivity contribution < 1.29 is 18.7 Å². The minimum absolute atomic E-state index is 0.0657. The lowest BCUT2D eigenvalue weighted by molar-refractivity contribution is -0.140. The Labute approximate surface area is 184 Å². The Bertz CT molecular complexity index is 1080. The molecule has 1 saturated heterocycles. The average molecular weight is 443 g/mol. The maximum atomic E-state index is 14.1. The van der Waals surface area contributed by atoms with Gasteiger partial charge in [-0.05, 0) is 24.3 Å². The Kier molecular flexibility index (Phi) is 6.31.